The maximum atomic E-state index is 12.9. The van der Waals surface area contributed by atoms with Gasteiger partial charge in [0.25, 0.3) is 0 Å². The SMILES string of the molecule is O=C(CCCCC(=O)N1C[C@H](Nc2cncc(C(F)(F)F)n2)[C@@H](O)[C@@H](O)C1)OCc1ccccc1. The number of anilines is 1. The maximum absolute atomic E-state index is 12.9. The van der Waals surface area contributed by atoms with Gasteiger partial charge in [0.15, 0.2) is 5.69 Å². The Morgan fingerprint density at radius 2 is 1.80 bits per heavy atom. The number of β-amino-alcohol motifs (C(OH)–C–C–N with tert-alkyl or cyclic N) is 1. The molecule has 190 valence electrons. The highest BCUT2D eigenvalue weighted by molar-refractivity contribution is 5.76. The van der Waals surface area contributed by atoms with Crippen molar-refractivity contribution < 1.29 is 37.7 Å². The highest BCUT2D eigenvalue weighted by Gasteiger charge is 2.37. The summed E-state index contributed by atoms with van der Waals surface area (Å²) >= 11 is 0. The molecule has 0 spiro atoms. The Morgan fingerprint density at radius 3 is 2.51 bits per heavy atom. The van der Waals surface area contributed by atoms with Gasteiger partial charge < -0.3 is 25.2 Å². The average Bonchev–Trinajstić information content (AvgIpc) is 2.83. The number of ether oxygens (including phenoxy) is 1. The number of aromatic nitrogens is 2. The van der Waals surface area contributed by atoms with E-state index in [1.807, 2.05) is 30.3 Å². The Kier molecular flexibility index (Phi) is 8.99. The number of amides is 1. The third-order valence-corrected chi connectivity index (χ3v) is 5.51. The maximum Gasteiger partial charge on any atom is 0.434 e. The summed E-state index contributed by atoms with van der Waals surface area (Å²) in [6.07, 6.45) is -4.58. The van der Waals surface area contributed by atoms with Crippen molar-refractivity contribution in [1.29, 1.82) is 0 Å². The third-order valence-electron chi connectivity index (χ3n) is 5.51. The molecule has 3 atom stereocenters. The fraction of sp³-hybridized carbons (Fsp3) is 0.478. The number of esters is 1. The van der Waals surface area contributed by atoms with Gasteiger partial charge in [-0.25, -0.2) is 4.98 Å². The molecule has 1 saturated heterocycles. The fourth-order valence-electron chi connectivity index (χ4n) is 3.63. The van der Waals surface area contributed by atoms with Crippen LogP contribution in [0.5, 0.6) is 0 Å². The molecule has 1 aromatic heterocycles. The summed E-state index contributed by atoms with van der Waals surface area (Å²) in [5.41, 5.74) is -0.329. The number of nitrogens with zero attached hydrogens (tertiary/aromatic N) is 3. The number of carbonyl (C=O) groups is 2. The van der Waals surface area contributed by atoms with E-state index in [9.17, 15) is 33.0 Å². The van der Waals surface area contributed by atoms with Crippen molar-refractivity contribution in [2.75, 3.05) is 18.4 Å². The Balaban J connectivity index is 1.45. The third kappa shape index (κ3) is 7.89. The zero-order valence-electron chi connectivity index (χ0n) is 18.8. The first-order chi connectivity index (χ1) is 16.6. The van der Waals surface area contributed by atoms with E-state index in [1.165, 1.54) is 4.90 Å². The summed E-state index contributed by atoms with van der Waals surface area (Å²) in [4.78, 5) is 32.7. The van der Waals surface area contributed by atoms with Gasteiger partial charge in [0.1, 0.15) is 18.5 Å². The van der Waals surface area contributed by atoms with Crippen LogP contribution in [0.3, 0.4) is 0 Å². The number of aliphatic hydroxyl groups excluding tert-OH is 2. The van der Waals surface area contributed by atoms with Gasteiger partial charge in [-0.3, -0.25) is 14.6 Å². The summed E-state index contributed by atoms with van der Waals surface area (Å²) in [5.74, 6) is -0.917. The summed E-state index contributed by atoms with van der Waals surface area (Å²) in [6.45, 7) is 0.0108. The molecule has 3 N–H and O–H groups in total. The molecule has 1 amide bonds. The highest BCUT2D eigenvalue weighted by Crippen LogP contribution is 2.28. The van der Waals surface area contributed by atoms with E-state index in [-0.39, 0.29) is 50.2 Å². The van der Waals surface area contributed by atoms with E-state index >= 15 is 0 Å². The van der Waals surface area contributed by atoms with Gasteiger partial charge in [-0.2, -0.15) is 13.2 Å². The molecule has 9 nitrogen and oxygen atoms in total. The smallest absolute Gasteiger partial charge is 0.434 e. The standard InChI is InChI=1S/C23H27F3N4O5/c24-23(25,26)18-10-27-11-19(29-18)28-16-12-30(13-17(31)22(16)34)20(32)8-4-5-9-21(33)35-14-15-6-2-1-3-7-15/h1-3,6-7,10-11,16-17,22,31,34H,4-5,8-9,12-14H2,(H,28,29)/t16-,17-,22+/m0/s1. The van der Waals surface area contributed by atoms with E-state index in [0.29, 0.717) is 19.0 Å². The molecule has 1 fully saturated rings. The van der Waals surface area contributed by atoms with Crippen molar-refractivity contribution in [3.63, 3.8) is 0 Å². The number of benzene rings is 1. The lowest BCUT2D eigenvalue weighted by atomic mass is 9.98. The van der Waals surface area contributed by atoms with Crippen LogP contribution in [0.25, 0.3) is 0 Å². The van der Waals surface area contributed by atoms with Gasteiger partial charge in [0.05, 0.1) is 24.5 Å². The van der Waals surface area contributed by atoms with E-state index in [1.54, 1.807) is 0 Å². The quantitative estimate of drug-likeness (QED) is 0.356. The minimum atomic E-state index is -4.69. The van der Waals surface area contributed by atoms with Crippen LogP contribution in [-0.4, -0.2) is 68.3 Å². The number of hydrogen-bond acceptors (Lipinski definition) is 8. The second kappa shape index (κ2) is 11.9. The zero-order chi connectivity index (χ0) is 25.4. The molecule has 1 aromatic carbocycles. The van der Waals surface area contributed by atoms with E-state index < -0.39 is 30.1 Å². The molecular weight excluding hydrogens is 469 g/mol. The van der Waals surface area contributed by atoms with Crippen LogP contribution in [0.2, 0.25) is 0 Å². The van der Waals surface area contributed by atoms with Crippen LogP contribution in [0.4, 0.5) is 19.0 Å². The van der Waals surface area contributed by atoms with Gasteiger partial charge in [-0.05, 0) is 18.4 Å². The zero-order valence-corrected chi connectivity index (χ0v) is 18.8. The van der Waals surface area contributed by atoms with Crippen molar-refractivity contribution >= 4 is 17.7 Å². The fourth-order valence-corrected chi connectivity index (χ4v) is 3.63. The van der Waals surface area contributed by atoms with Crippen LogP contribution in [-0.2, 0) is 27.1 Å². The molecule has 0 bridgehead atoms. The molecule has 1 aliphatic heterocycles. The second-order valence-electron chi connectivity index (χ2n) is 8.25. The number of halogens is 3. The number of likely N-dealkylation sites (tertiary alicyclic amines) is 1. The van der Waals surface area contributed by atoms with Gasteiger partial charge in [-0.15, -0.1) is 0 Å². The molecule has 12 heteroatoms. The van der Waals surface area contributed by atoms with Crippen molar-refractivity contribution in [2.24, 2.45) is 0 Å². The Hall–Kier alpha value is -3.25. The predicted octanol–water partition coefficient (Wildman–Crippen LogP) is 2.14. The largest absolute Gasteiger partial charge is 0.461 e. The van der Waals surface area contributed by atoms with E-state index in [0.717, 1.165) is 11.8 Å². The Morgan fingerprint density at radius 1 is 1.09 bits per heavy atom. The normalized spacial score (nSPS) is 20.4. The average molecular weight is 496 g/mol. The molecule has 3 rings (SSSR count). The van der Waals surface area contributed by atoms with Crippen LogP contribution in [0.15, 0.2) is 42.7 Å². The highest BCUT2D eigenvalue weighted by atomic mass is 19.4. The number of rotatable bonds is 9. The molecule has 0 radical (unpaired) electrons. The first kappa shape index (κ1) is 26.4. The second-order valence-corrected chi connectivity index (χ2v) is 8.25. The minimum Gasteiger partial charge on any atom is -0.461 e. The van der Waals surface area contributed by atoms with Gasteiger partial charge in [-0.1, -0.05) is 30.3 Å². The van der Waals surface area contributed by atoms with Crippen molar-refractivity contribution in [3.8, 4) is 0 Å². The summed E-state index contributed by atoms with van der Waals surface area (Å²) in [5, 5.41) is 23.1. The predicted molar refractivity (Wildman–Crippen MR) is 118 cm³/mol. The topological polar surface area (TPSA) is 125 Å². The number of unbranched alkanes of at least 4 members (excludes halogenated alkanes) is 1. The van der Waals surface area contributed by atoms with Crippen LogP contribution < -0.4 is 5.32 Å². The number of piperidine rings is 1. The molecule has 0 aliphatic carbocycles. The molecule has 35 heavy (non-hydrogen) atoms. The van der Waals surface area contributed by atoms with Crippen LogP contribution in [0, 0.1) is 0 Å². The lowest BCUT2D eigenvalue weighted by molar-refractivity contribution is -0.145. The number of alkyl halides is 3. The number of aliphatic hydroxyl groups is 2. The first-order valence-electron chi connectivity index (χ1n) is 11.1. The minimum absolute atomic E-state index is 0.0475. The summed E-state index contributed by atoms with van der Waals surface area (Å²) in [7, 11) is 0. The van der Waals surface area contributed by atoms with Crippen molar-refractivity contribution in [3.05, 3.63) is 54.0 Å². The van der Waals surface area contributed by atoms with Gasteiger partial charge in [0, 0.05) is 25.9 Å². The number of hydrogen-bond donors (Lipinski definition) is 3. The summed E-state index contributed by atoms with van der Waals surface area (Å²) in [6, 6.07) is 8.29. The molecule has 1 aliphatic rings. The number of carbonyl (C=O) groups excluding carboxylic acids is 2. The summed E-state index contributed by atoms with van der Waals surface area (Å²) < 4.78 is 43.8. The molecule has 0 unspecified atom stereocenters. The molecule has 2 aromatic rings. The van der Waals surface area contributed by atoms with E-state index in [4.69, 9.17) is 4.74 Å². The lowest BCUT2D eigenvalue weighted by Crippen LogP contribution is -2.59. The Bertz CT molecular complexity index is 993. The molecule has 2 heterocycles. The first-order valence-corrected chi connectivity index (χ1v) is 11.1. The number of nitrogens with one attached hydrogen (secondary N) is 1. The van der Waals surface area contributed by atoms with Crippen molar-refractivity contribution in [2.45, 2.75) is 56.7 Å². The molecule has 0 saturated carbocycles. The van der Waals surface area contributed by atoms with Crippen LogP contribution in [0.1, 0.15) is 36.9 Å². The van der Waals surface area contributed by atoms with Gasteiger partial charge in [0.2, 0.25) is 5.91 Å². The molecular formula is C23H27F3N4O5. The van der Waals surface area contributed by atoms with Gasteiger partial charge >= 0.3 is 12.1 Å². The lowest BCUT2D eigenvalue weighted by Gasteiger charge is -2.39. The van der Waals surface area contributed by atoms with E-state index in [2.05, 4.69) is 15.3 Å². The van der Waals surface area contributed by atoms with Crippen molar-refractivity contribution in [1.82, 2.24) is 14.9 Å². The Labute approximate surface area is 199 Å². The monoisotopic (exact) mass is 496 g/mol. The van der Waals surface area contributed by atoms with Crippen LogP contribution >= 0.6 is 0 Å².